The molecule has 0 spiro atoms. The van der Waals surface area contributed by atoms with Gasteiger partial charge < -0.3 is 0 Å². The molecule has 2 heterocycles. The zero-order chi connectivity index (χ0) is 14.1. The van der Waals surface area contributed by atoms with Gasteiger partial charge in [-0.1, -0.05) is 18.2 Å². The summed E-state index contributed by atoms with van der Waals surface area (Å²) in [6.45, 7) is 5.13. The molecular formula is C16H17N3O. The molecule has 20 heavy (non-hydrogen) atoms. The van der Waals surface area contributed by atoms with Crippen LogP contribution in [-0.4, -0.2) is 14.1 Å². The Kier molecular flexibility index (Phi) is 3.14. The molecule has 102 valence electrons. The van der Waals surface area contributed by atoms with Crippen molar-refractivity contribution in [3.05, 3.63) is 64.3 Å². The number of aromatic nitrogens is 3. The summed E-state index contributed by atoms with van der Waals surface area (Å²) in [6, 6.07) is 13.8. The Morgan fingerprint density at radius 1 is 1.00 bits per heavy atom. The quantitative estimate of drug-likeness (QED) is 0.731. The second-order valence-corrected chi connectivity index (χ2v) is 4.87. The number of aryl methyl sites for hydroxylation is 2. The van der Waals surface area contributed by atoms with Gasteiger partial charge >= 0.3 is 5.69 Å². The highest BCUT2D eigenvalue weighted by molar-refractivity contribution is 5.76. The molecule has 0 aliphatic carbocycles. The predicted octanol–water partition coefficient (Wildman–Crippen LogP) is 2.57. The average molecular weight is 267 g/mol. The maximum Gasteiger partial charge on any atom is 0.329 e. The molecule has 0 saturated carbocycles. The number of para-hydroxylation sites is 2. The van der Waals surface area contributed by atoms with Crippen molar-refractivity contribution in [1.29, 1.82) is 0 Å². The van der Waals surface area contributed by atoms with Gasteiger partial charge in [-0.25, -0.2) is 4.79 Å². The monoisotopic (exact) mass is 267 g/mol. The molecule has 4 nitrogen and oxygen atoms in total. The summed E-state index contributed by atoms with van der Waals surface area (Å²) in [5.41, 5.74) is 3.84. The van der Waals surface area contributed by atoms with E-state index >= 15 is 0 Å². The summed E-state index contributed by atoms with van der Waals surface area (Å²) in [7, 11) is 0. The molecule has 4 heteroatoms. The van der Waals surface area contributed by atoms with Gasteiger partial charge in [-0.15, -0.1) is 0 Å². The first-order valence-electron chi connectivity index (χ1n) is 6.81. The molecule has 0 atom stereocenters. The van der Waals surface area contributed by atoms with E-state index in [9.17, 15) is 4.79 Å². The number of pyridine rings is 1. The summed E-state index contributed by atoms with van der Waals surface area (Å²) in [5.74, 6) is 0. The highest BCUT2D eigenvalue weighted by Crippen LogP contribution is 2.14. The van der Waals surface area contributed by atoms with E-state index < -0.39 is 0 Å². The first-order valence-corrected chi connectivity index (χ1v) is 6.81. The van der Waals surface area contributed by atoms with Crippen LogP contribution in [0.4, 0.5) is 0 Å². The average Bonchev–Trinajstić information content (AvgIpc) is 2.72. The fourth-order valence-corrected chi connectivity index (χ4v) is 2.58. The summed E-state index contributed by atoms with van der Waals surface area (Å²) >= 11 is 0. The Labute approximate surface area is 117 Å². The topological polar surface area (TPSA) is 39.8 Å². The van der Waals surface area contributed by atoms with Crippen LogP contribution in [0.2, 0.25) is 0 Å². The molecule has 3 rings (SSSR count). The second-order valence-electron chi connectivity index (χ2n) is 4.87. The lowest BCUT2D eigenvalue weighted by Gasteiger charge is -2.03. The maximum absolute atomic E-state index is 12.5. The zero-order valence-electron chi connectivity index (χ0n) is 11.7. The van der Waals surface area contributed by atoms with Crippen LogP contribution in [0.25, 0.3) is 11.0 Å². The van der Waals surface area contributed by atoms with Crippen LogP contribution in [0.1, 0.15) is 18.3 Å². The third-order valence-corrected chi connectivity index (χ3v) is 3.51. The van der Waals surface area contributed by atoms with Gasteiger partial charge in [-0.2, -0.15) is 0 Å². The van der Waals surface area contributed by atoms with Crippen LogP contribution in [0.3, 0.4) is 0 Å². The molecule has 0 bridgehead atoms. The van der Waals surface area contributed by atoms with Crippen molar-refractivity contribution < 1.29 is 0 Å². The van der Waals surface area contributed by atoms with Crippen molar-refractivity contribution in [2.45, 2.75) is 26.9 Å². The number of hydrogen-bond donors (Lipinski definition) is 0. The lowest BCUT2D eigenvalue weighted by atomic mass is 10.3. The maximum atomic E-state index is 12.5. The van der Waals surface area contributed by atoms with Crippen LogP contribution in [0.15, 0.2) is 47.3 Å². The minimum Gasteiger partial charge on any atom is -0.292 e. The zero-order valence-corrected chi connectivity index (χ0v) is 11.7. The van der Waals surface area contributed by atoms with E-state index in [-0.39, 0.29) is 5.69 Å². The number of nitrogens with zero attached hydrogens (tertiary/aromatic N) is 3. The Morgan fingerprint density at radius 2 is 1.70 bits per heavy atom. The number of imidazole rings is 1. The SMILES string of the molecule is CCn1c(=O)n(Cc2cccc(C)n2)c2ccccc21. The minimum absolute atomic E-state index is 0.0250. The van der Waals surface area contributed by atoms with E-state index in [1.54, 1.807) is 9.13 Å². The van der Waals surface area contributed by atoms with Crippen molar-refractivity contribution in [3.8, 4) is 0 Å². The molecule has 0 amide bonds. The third kappa shape index (κ3) is 2.03. The van der Waals surface area contributed by atoms with E-state index in [2.05, 4.69) is 4.98 Å². The summed E-state index contributed by atoms with van der Waals surface area (Å²) in [5, 5.41) is 0. The molecule has 0 unspecified atom stereocenters. The fraction of sp³-hybridized carbons (Fsp3) is 0.250. The molecule has 2 aromatic heterocycles. The molecule has 0 aliphatic heterocycles. The normalized spacial score (nSPS) is 11.1. The Bertz CT molecular complexity index is 814. The van der Waals surface area contributed by atoms with Crippen LogP contribution in [-0.2, 0) is 13.1 Å². The van der Waals surface area contributed by atoms with E-state index in [0.29, 0.717) is 13.1 Å². The van der Waals surface area contributed by atoms with Gasteiger partial charge in [0.05, 0.1) is 23.3 Å². The Morgan fingerprint density at radius 3 is 2.35 bits per heavy atom. The molecule has 0 radical (unpaired) electrons. The van der Waals surface area contributed by atoms with Crippen molar-refractivity contribution in [2.24, 2.45) is 0 Å². The van der Waals surface area contributed by atoms with Crippen LogP contribution in [0, 0.1) is 6.92 Å². The van der Waals surface area contributed by atoms with Crippen molar-refractivity contribution >= 4 is 11.0 Å². The first-order chi connectivity index (χ1) is 9.70. The van der Waals surface area contributed by atoms with Crippen LogP contribution in [0.5, 0.6) is 0 Å². The standard InChI is InChI=1S/C16H17N3O/c1-3-18-14-9-4-5-10-15(14)19(16(18)20)11-13-8-6-7-12(2)17-13/h4-10H,3,11H2,1-2H3. The van der Waals surface area contributed by atoms with Crippen molar-refractivity contribution in [3.63, 3.8) is 0 Å². The molecule has 0 saturated heterocycles. The molecule has 3 aromatic rings. The van der Waals surface area contributed by atoms with Crippen LogP contribution < -0.4 is 5.69 Å². The highest BCUT2D eigenvalue weighted by atomic mass is 16.1. The summed E-state index contributed by atoms with van der Waals surface area (Å²) < 4.78 is 3.59. The number of hydrogen-bond acceptors (Lipinski definition) is 2. The van der Waals surface area contributed by atoms with E-state index in [1.807, 2.05) is 56.3 Å². The molecule has 0 aliphatic rings. The lowest BCUT2D eigenvalue weighted by Crippen LogP contribution is -2.24. The van der Waals surface area contributed by atoms with E-state index in [0.717, 1.165) is 22.4 Å². The smallest absolute Gasteiger partial charge is 0.292 e. The third-order valence-electron chi connectivity index (χ3n) is 3.51. The minimum atomic E-state index is 0.0250. The number of rotatable bonds is 3. The number of fused-ring (bicyclic) bond motifs is 1. The fourth-order valence-electron chi connectivity index (χ4n) is 2.58. The molecule has 1 aromatic carbocycles. The largest absolute Gasteiger partial charge is 0.329 e. The predicted molar refractivity (Wildman–Crippen MR) is 79.9 cm³/mol. The van der Waals surface area contributed by atoms with Crippen LogP contribution >= 0.6 is 0 Å². The molecule has 0 N–H and O–H groups in total. The van der Waals surface area contributed by atoms with Gasteiger partial charge in [0.25, 0.3) is 0 Å². The Balaban J connectivity index is 2.16. The van der Waals surface area contributed by atoms with Crippen molar-refractivity contribution in [2.75, 3.05) is 0 Å². The van der Waals surface area contributed by atoms with E-state index in [1.165, 1.54) is 0 Å². The Hall–Kier alpha value is -2.36. The lowest BCUT2D eigenvalue weighted by molar-refractivity contribution is 0.676. The van der Waals surface area contributed by atoms with Gasteiger partial charge in [0.2, 0.25) is 0 Å². The second kappa shape index (κ2) is 4.96. The highest BCUT2D eigenvalue weighted by Gasteiger charge is 2.12. The van der Waals surface area contributed by atoms with Gasteiger partial charge in [0.1, 0.15) is 0 Å². The van der Waals surface area contributed by atoms with E-state index in [4.69, 9.17) is 0 Å². The van der Waals surface area contributed by atoms with Gasteiger partial charge in [0.15, 0.2) is 0 Å². The summed E-state index contributed by atoms with van der Waals surface area (Å²) in [4.78, 5) is 17.0. The number of benzene rings is 1. The van der Waals surface area contributed by atoms with Gasteiger partial charge in [-0.05, 0) is 38.1 Å². The van der Waals surface area contributed by atoms with Gasteiger partial charge in [0, 0.05) is 12.2 Å². The van der Waals surface area contributed by atoms with Gasteiger partial charge in [-0.3, -0.25) is 14.1 Å². The molecular weight excluding hydrogens is 250 g/mol. The van der Waals surface area contributed by atoms with Crippen molar-refractivity contribution in [1.82, 2.24) is 14.1 Å². The summed E-state index contributed by atoms with van der Waals surface area (Å²) in [6.07, 6.45) is 0. The first kappa shape index (κ1) is 12.7. The molecule has 0 fully saturated rings.